The average molecular weight is 459 g/mol. The van der Waals surface area contributed by atoms with Gasteiger partial charge in [-0.25, -0.2) is 4.98 Å². The number of ether oxygens (including phenoxy) is 1. The molecular weight excluding hydrogens is 440 g/mol. The van der Waals surface area contributed by atoms with E-state index in [1.54, 1.807) is 17.4 Å². The molecule has 3 heterocycles. The maximum absolute atomic E-state index is 12.6. The van der Waals surface area contributed by atoms with Crippen LogP contribution in [0.4, 0.5) is 0 Å². The van der Waals surface area contributed by atoms with E-state index in [1.165, 1.54) is 11.3 Å². The van der Waals surface area contributed by atoms with Gasteiger partial charge in [0.05, 0.1) is 17.0 Å². The van der Waals surface area contributed by atoms with Gasteiger partial charge >= 0.3 is 5.97 Å². The second-order valence-electron chi connectivity index (χ2n) is 7.02. The smallest absolute Gasteiger partial charge is 0.311 e. The van der Waals surface area contributed by atoms with Crippen LogP contribution in [0.2, 0.25) is 0 Å². The highest BCUT2D eigenvalue weighted by molar-refractivity contribution is 7.17. The standard InChI is InChI=1S/C25H18N2O3S2/c28-23(29-16-19-14-20(30-27-19)17-8-3-1-4-9-17)15-22-24(21-12-7-13-31-21)26-25(32-22)18-10-5-2-6-11-18/h1-14H,15-16H2. The van der Waals surface area contributed by atoms with Crippen LogP contribution in [0.1, 0.15) is 10.6 Å². The topological polar surface area (TPSA) is 65.2 Å². The maximum Gasteiger partial charge on any atom is 0.311 e. The van der Waals surface area contributed by atoms with Gasteiger partial charge in [-0.15, -0.1) is 22.7 Å². The summed E-state index contributed by atoms with van der Waals surface area (Å²) < 4.78 is 10.9. The number of carbonyl (C=O) groups excluding carboxylic acids is 1. The number of nitrogens with zero attached hydrogens (tertiary/aromatic N) is 2. The Balaban J connectivity index is 1.30. The number of aromatic nitrogens is 2. The van der Waals surface area contributed by atoms with Crippen molar-refractivity contribution in [3.63, 3.8) is 0 Å². The molecule has 0 N–H and O–H groups in total. The van der Waals surface area contributed by atoms with Gasteiger partial charge in [-0.3, -0.25) is 4.79 Å². The molecule has 0 saturated carbocycles. The van der Waals surface area contributed by atoms with Crippen molar-refractivity contribution >= 4 is 28.6 Å². The van der Waals surface area contributed by atoms with E-state index in [0.29, 0.717) is 11.5 Å². The Morgan fingerprint density at radius 3 is 2.41 bits per heavy atom. The summed E-state index contributed by atoms with van der Waals surface area (Å²) in [5.74, 6) is 0.321. The van der Waals surface area contributed by atoms with Crippen LogP contribution >= 0.6 is 22.7 Å². The molecular formula is C25H18N2O3S2. The monoisotopic (exact) mass is 458 g/mol. The zero-order valence-corrected chi connectivity index (χ0v) is 18.6. The number of rotatable bonds is 7. The third-order valence-corrected chi connectivity index (χ3v) is 6.76. The largest absolute Gasteiger partial charge is 0.459 e. The third kappa shape index (κ3) is 4.54. The maximum atomic E-state index is 12.6. The Kier molecular flexibility index (Phi) is 5.91. The van der Waals surface area contributed by atoms with Crippen molar-refractivity contribution in [2.75, 3.05) is 0 Å². The van der Waals surface area contributed by atoms with Gasteiger partial charge in [0, 0.05) is 22.1 Å². The van der Waals surface area contributed by atoms with Crippen molar-refractivity contribution in [2.24, 2.45) is 0 Å². The molecule has 3 aromatic heterocycles. The molecule has 0 bridgehead atoms. The van der Waals surface area contributed by atoms with Gasteiger partial charge in [-0.1, -0.05) is 71.9 Å². The van der Waals surface area contributed by atoms with Crippen molar-refractivity contribution < 1.29 is 14.1 Å². The molecule has 0 fully saturated rings. The van der Waals surface area contributed by atoms with E-state index in [2.05, 4.69) is 5.16 Å². The molecule has 5 rings (SSSR count). The summed E-state index contributed by atoms with van der Waals surface area (Å²) in [6, 6.07) is 25.5. The fraction of sp³-hybridized carbons (Fsp3) is 0.0800. The summed E-state index contributed by atoms with van der Waals surface area (Å²) >= 11 is 3.13. The minimum atomic E-state index is -0.324. The van der Waals surface area contributed by atoms with E-state index in [-0.39, 0.29) is 19.0 Å². The summed E-state index contributed by atoms with van der Waals surface area (Å²) in [5.41, 5.74) is 3.38. The zero-order chi connectivity index (χ0) is 21.8. The van der Waals surface area contributed by atoms with Crippen LogP contribution in [0.15, 0.2) is 88.8 Å². The van der Waals surface area contributed by atoms with E-state index in [0.717, 1.165) is 31.6 Å². The Morgan fingerprint density at radius 1 is 0.938 bits per heavy atom. The number of esters is 1. The fourth-order valence-corrected chi connectivity index (χ4v) is 5.11. The molecule has 5 nitrogen and oxygen atoms in total. The lowest BCUT2D eigenvalue weighted by atomic mass is 10.2. The molecule has 5 aromatic rings. The van der Waals surface area contributed by atoms with Crippen LogP contribution in [-0.4, -0.2) is 16.1 Å². The lowest BCUT2D eigenvalue weighted by Gasteiger charge is -2.02. The van der Waals surface area contributed by atoms with Gasteiger partial charge < -0.3 is 9.26 Å². The molecule has 32 heavy (non-hydrogen) atoms. The first kappa shape index (κ1) is 20.4. The Bertz CT molecular complexity index is 1310. The van der Waals surface area contributed by atoms with Crippen molar-refractivity contribution in [3.8, 4) is 32.5 Å². The number of hydrogen-bond acceptors (Lipinski definition) is 7. The minimum absolute atomic E-state index is 0.0633. The van der Waals surface area contributed by atoms with Crippen molar-refractivity contribution in [1.82, 2.24) is 10.1 Å². The molecule has 0 saturated heterocycles. The van der Waals surface area contributed by atoms with Crippen molar-refractivity contribution in [1.29, 1.82) is 0 Å². The zero-order valence-electron chi connectivity index (χ0n) is 16.9. The first-order valence-corrected chi connectivity index (χ1v) is 11.7. The molecule has 0 spiro atoms. The SMILES string of the molecule is O=C(Cc1sc(-c2ccccc2)nc1-c1cccs1)OCc1cc(-c2ccccc2)on1. The number of thiazole rings is 1. The van der Waals surface area contributed by atoms with E-state index in [4.69, 9.17) is 14.2 Å². The summed E-state index contributed by atoms with van der Waals surface area (Å²) in [6.45, 7) is 0.0633. The van der Waals surface area contributed by atoms with Crippen LogP contribution < -0.4 is 0 Å². The van der Waals surface area contributed by atoms with Crippen molar-refractivity contribution in [3.05, 3.63) is 94.8 Å². The second-order valence-corrected chi connectivity index (χ2v) is 9.05. The van der Waals surface area contributed by atoms with Gasteiger partial charge in [-0.2, -0.15) is 0 Å². The number of carbonyl (C=O) groups is 1. The number of thiophene rings is 1. The predicted octanol–water partition coefficient (Wildman–Crippen LogP) is 6.48. The molecule has 0 aliphatic carbocycles. The van der Waals surface area contributed by atoms with E-state index in [9.17, 15) is 4.79 Å². The lowest BCUT2D eigenvalue weighted by molar-refractivity contribution is -0.144. The van der Waals surface area contributed by atoms with Crippen molar-refractivity contribution in [2.45, 2.75) is 13.0 Å². The first-order valence-electron chi connectivity index (χ1n) is 10.0. The molecule has 0 amide bonds. The minimum Gasteiger partial charge on any atom is -0.459 e. The first-order chi connectivity index (χ1) is 15.8. The fourth-order valence-electron chi connectivity index (χ4n) is 3.24. The molecule has 0 aliphatic rings. The molecule has 7 heteroatoms. The number of hydrogen-bond donors (Lipinski definition) is 0. The highest BCUT2D eigenvalue weighted by atomic mass is 32.1. The number of benzene rings is 2. The molecule has 0 aliphatic heterocycles. The van der Waals surface area contributed by atoms with Crippen LogP contribution in [0.3, 0.4) is 0 Å². The molecule has 0 radical (unpaired) electrons. The van der Waals surface area contributed by atoms with Gasteiger partial charge in [0.15, 0.2) is 5.76 Å². The van der Waals surface area contributed by atoms with Gasteiger partial charge in [0.2, 0.25) is 0 Å². The molecule has 2 aromatic carbocycles. The average Bonchev–Trinajstić information content (AvgIpc) is 3.60. The van der Waals surface area contributed by atoms with Crippen LogP contribution in [0, 0.1) is 0 Å². The van der Waals surface area contributed by atoms with Crippen LogP contribution in [0.25, 0.3) is 32.5 Å². The Labute approximate surface area is 192 Å². The van der Waals surface area contributed by atoms with Crippen LogP contribution in [0.5, 0.6) is 0 Å². The summed E-state index contributed by atoms with van der Waals surface area (Å²) in [7, 11) is 0. The Morgan fingerprint density at radius 2 is 1.69 bits per heavy atom. The lowest BCUT2D eigenvalue weighted by Crippen LogP contribution is -2.07. The third-order valence-electron chi connectivity index (χ3n) is 4.78. The van der Waals surface area contributed by atoms with Gasteiger partial charge in [0.25, 0.3) is 0 Å². The summed E-state index contributed by atoms with van der Waals surface area (Å²) in [5, 5.41) is 6.91. The van der Waals surface area contributed by atoms with Crippen LogP contribution in [-0.2, 0) is 22.6 Å². The van der Waals surface area contributed by atoms with Gasteiger partial charge in [0.1, 0.15) is 17.3 Å². The molecule has 0 unspecified atom stereocenters. The van der Waals surface area contributed by atoms with E-state index >= 15 is 0 Å². The van der Waals surface area contributed by atoms with E-state index in [1.807, 2.05) is 78.2 Å². The summed E-state index contributed by atoms with van der Waals surface area (Å²) in [6.07, 6.45) is 0.154. The van der Waals surface area contributed by atoms with Gasteiger partial charge in [-0.05, 0) is 11.4 Å². The Hall–Kier alpha value is -3.55. The predicted molar refractivity (Wildman–Crippen MR) is 126 cm³/mol. The quantitative estimate of drug-likeness (QED) is 0.261. The second kappa shape index (κ2) is 9.30. The normalized spacial score (nSPS) is 10.9. The molecule has 158 valence electrons. The highest BCUT2D eigenvalue weighted by Gasteiger charge is 2.19. The van der Waals surface area contributed by atoms with E-state index < -0.39 is 0 Å². The summed E-state index contributed by atoms with van der Waals surface area (Å²) in [4.78, 5) is 19.4. The molecule has 0 atom stereocenters. The highest BCUT2D eigenvalue weighted by Crippen LogP contribution is 2.36.